The molecule has 3 heterocycles. The number of aromatic nitrogens is 1. The number of aryl methyl sites for hydroxylation is 1. The van der Waals surface area contributed by atoms with Gasteiger partial charge in [0.1, 0.15) is 12.4 Å². The van der Waals surface area contributed by atoms with Crippen molar-refractivity contribution in [3.05, 3.63) is 63.5 Å². The maximum absolute atomic E-state index is 6.45. The van der Waals surface area contributed by atoms with E-state index in [1.807, 2.05) is 0 Å². The van der Waals surface area contributed by atoms with E-state index in [1.165, 1.54) is 47.2 Å². The molecular formula is C28H33N3OS. The predicted molar refractivity (Wildman–Crippen MR) is 137 cm³/mol. The lowest BCUT2D eigenvalue weighted by molar-refractivity contribution is 0.306. The van der Waals surface area contributed by atoms with Gasteiger partial charge >= 0.3 is 0 Å². The third kappa shape index (κ3) is 4.29. The minimum atomic E-state index is 0.592. The molecule has 3 aliphatic rings. The van der Waals surface area contributed by atoms with E-state index in [2.05, 4.69) is 59.8 Å². The summed E-state index contributed by atoms with van der Waals surface area (Å²) in [6, 6.07) is 11.0. The minimum Gasteiger partial charge on any atom is -0.488 e. The second kappa shape index (κ2) is 8.77. The minimum absolute atomic E-state index is 0.592. The molecule has 2 unspecified atom stereocenters. The van der Waals surface area contributed by atoms with Gasteiger partial charge in [-0.05, 0) is 98.8 Å². The largest absolute Gasteiger partial charge is 0.488 e. The van der Waals surface area contributed by atoms with Crippen LogP contribution in [0.25, 0.3) is 11.3 Å². The zero-order chi connectivity index (χ0) is 22.4. The molecule has 2 aromatic carbocycles. The van der Waals surface area contributed by atoms with Crippen molar-refractivity contribution >= 4 is 16.5 Å². The van der Waals surface area contributed by atoms with E-state index in [1.54, 1.807) is 11.3 Å². The molecule has 1 N–H and O–H groups in total. The average Bonchev–Trinajstić information content (AvgIpc) is 3.51. The fourth-order valence-corrected chi connectivity index (χ4v) is 6.44. The molecule has 0 bridgehead atoms. The van der Waals surface area contributed by atoms with Crippen LogP contribution in [0.3, 0.4) is 0 Å². The summed E-state index contributed by atoms with van der Waals surface area (Å²) in [6.45, 7) is 9.46. The Morgan fingerprint density at radius 2 is 2.03 bits per heavy atom. The van der Waals surface area contributed by atoms with E-state index >= 15 is 0 Å². The van der Waals surface area contributed by atoms with Gasteiger partial charge in [-0.2, -0.15) is 0 Å². The zero-order valence-corrected chi connectivity index (χ0v) is 20.5. The third-order valence-electron chi connectivity index (χ3n) is 7.78. The molecule has 1 aliphatic carbocycles. The lowest BCUT2D eigenvalue weighted by atomic mass is 9.94. The SMILES string of the molecule is Cc1ccc(OCc2ccc3c(c2C)CCNCC3)c(-c2csc(N3CCC4CC4C3)n2)c1. The van der Waals surface area contributed by atoms with Crippen LogP contribution in [0, 0.1) is 25.7 Å². The highest BCUT2D eigenvalue weighted by Gasteiger charge is 2.42. The van der Waals surface area contributed by atoms with Crippen molar-refractivity contribution in [1.82, 2.24) is 10.3 Å². The molecule has 6 rings (SSSR count). The van der Waals surface area contributed by atoms with Crippen LogP contribution in [-0.4, -0.2) is 31.2 Å². The molecule has 172 valence electrons. The van der Waals surface area contributed by atoms with Gasteiger partial charge in [0.05, 0.1) is 5.69 Å². The second-order valence-corrected chi connectivity index (χ2v) is 10.9. The van der Waals surface area contributed by atoms with E-state index < -0.39 is 0 Å². The number of rotatable bonds is 5. The first-order valence-corrected chi connectivity index (χ1v) is 13.3. The molecular weight excluding hydrogens is 426 g/mol. The highest BCUT2D eigenvalue weighted by atomic mass is 32.1. The molecule has 2 atom stereocenters. The fourth-order valence-electron chi connectivity index (χ4n) is 5.58. The van der Waals surface area contributed by atoms with E-state index in [4.69, 9.17) is 9.72 Å². The summed E-state index contributed by atoms with van der Waals surface area (Å²) < 4.78 is 6.45. The normalized spacial score (nSPS) is 21.8. The Kier molecular flexibility index (Phi) is 5.63. The Hall–Kier alpha value is -2.37. The summed E-state index contributed by atoms with van der Waals surface area (Å²) in [7, 11) is 0. The smallest absolute Gasteiger partial charge is 0.185 e. The molecule has 5 heteroatoms. The van der Waals surface area contributed by atoms with Gasteiger partial charge in [-0.3, -0.25) is 0 Å². The first-order chi connectivity index (χ1) is 16.2. The second-order valence-electron chi connectivity index (χ2n) is 10.0. The number of piperidine rings is 1. The molecule has 2 aliphatic heterocycles. The standard InChI is InChI=1S/C28H33N3OS/c1-18-3-6-27(32-16-22-5-4-20-7-10-29-11-8-24(20)19(22)2)25(13-18)26-17-33-28(30-26)31-12-9-21-14-23(21)15-31/h3-6,13,17,21,23,29H,7-12,14-16H2,1-2H3. The van der Waals surface area contributed by atoms with E-state index in [0.29, 0.717) is 6.61 Å². The summed E-state index contributed by atoms with van der Waals surface area (Å²) >= 11 is 1.77. The van der Waals surface area contributed by atoms with Crippen molar-refractivity contribution in [2.24, 2.45) is 11.8 Å². The number of fused-ring (bicyclic) bond motifs is 2. The van der Waals surface area contributed by atoms with Crippen LogP contribution in [-0.2, 0) is 19.4 Å². The predicted octanol–water partition coefficient (Wildman–Crippen LogP) is 5.54. The van der Waals surface area contributed by atoms with Crippen molar-refractivity contribution in [3.8, 4) is 17.0 Å². The monoisotopic (exact) mass is 459 g/mol. The number of nitrogens with one attached hydrogen (secondary N) is 1. The summed E-state index contributed by atoms with van der Waals surface area (Å²) in [4.78, 5) is 7.55. The number of hydrogen-bond acceptors (Lipinski definition) is 5. The van der Waals surface area contributed by atoms with Crippen LogP contribution in [0.15, 0.2) is 35.7 Å². The first kappa shape index (κ1) is 21.2. The Balaban J connectivity index is 1.23. The van der Waals surface area contributed by atoms with E-state index in [9.17, 15) is 0 Å². The van der Waals surface area contributed by atoms with Gasteiger partial charge in [0.15, 0.2) is 5.13 Å². The van der Waals surface area contributed by atoms with Crippen LogP contribution in [0.2, 0.25) is 0 Å². The molecule has 2 fully saturated rings. The molecule has 33 heavy (non-hydrogen) atoms. The lowest BCUT2D eigenvalue weighted by Gasteiger charge is -2.25. The molecule has 1 aromatic heterocycles. The molecule has 3 aromatic rings. The third-order valence-corrected chi connectivity index (χ3v) is 8.68. The van der Waals surface area contributed by atoms with Crippen LogP contribution in [0.5, 0.6) is 5.75 Å². The van der Waals surface area contributed by atoms with Crippen LogP contribution in [0.4, 0.5) is 5.13 Å². The molecule has 4 nitrogen and oxygen atoms in total. The molecule has 1 saturated heterocycles. The van der Waals surface area contributed by atoms with Crippen molar-refractivity contribution in [2.75, 3.05) is 31.1 Å². The van der Waals surface area contributed by atoms with Crippen LogP contribution in [0.1, 0.15) is 40.7 Å². The summed E-state index contributed by atoms with van der Waals surface area (Å²) in [5.41, 5.74) is 9.06. The van der Waals surface area contributed by atoms with Crippen molar-refractivity contribution in [3.63, 3.8) is 0 Å². The van der Waals surface area contributed by atoms with Crippen LogP contribution < -0.4 is 15.0 Å². The van der Waals surface area contributed by atoms with Crippen LogP contribution >= 0.6 is 11.3 Å². The summed E-state index contributed by atoms with van der Waals surface area (Å²) in [5.74, 6) is 2.82. The topological polar surface area (TPSA) is 37.4 Å². The number of nitrogens with zero attached hydrogens (tertiary/aromatic N) is 2. The Morgan fingerprint density at radius 3 is 2.94 bits per heavy atom. The Bertz CT molecular complexity index is 1170. The average molecular weight is 460 g/mol. The highest BCUT2D eigenvalue weighted by Crippen LogP contribution is 2.46. The van der Waals surface area contributed by atoms with Gasteiger partial charge in [-0.1, -0.05) is 23.8 Å². The fraction of sp³-hybridized carbons (Fsp3) is 0.464. The molecule has 0 spiro atoms. The van der Waals surface area contributed by atoms with Crippen molar-refractivity contribution in [2.45, 2.75) is 46.1 Å². The number of benzene rings is 2. The number of thiazole rings is 1. The maximum atomic E-state index is 6.45. The van der Waals surface area contributed by atoms with Crippen molar-refractivity contribution in [1.29, 1.82) is 0 Å². The van der Waals surface area contributed by atoms with E-state index in [0.717, 1.165) is 66.5 Å². The Morgan fingerprint density at radius 1 is 1.12 bits per heavy atom. The molecule has 1 saturated carbocycles. The highest BCUT2D eigenvalue weighted by molar-refractivity contribution is 7.14. The number of hydrogen-bond donors (Lipinski definition) is 1. The summed E-state index contributed by atoms with van der Waals surface area (Å²) in [5, 5.41) is 6.89. The van der Waals surface area contributed by atoms with Gasteiger partial charge in [0.2, 0.25) is 0 Å². The van der Waals surface area contributed by atoms with Gasteiger partial charge in [-0.15, -0.1) is 11.3 Å². The van der Waals surface area contributed by atoms with E-state index in [-0.39, 0.29) is 0 Å². The lowest BCUT2D eigenvalue weighted by Crippen LogP contribution is -2.31. The molecule has 0 radical (unpaired) electrons. The molecule has 0 amide bonds. The first-order valence-electron chi connectivity index (χ1n) is 12.4. The van der Waals surface area contributed by atoms with Gasteiger partial charge in [-0.25, -0.2) is 4.98 Å². The number of ether oxygens (including phenoxy) is 1. The number of anilines is 1. The van der Waals surface area contributed by atoms with Crippen molar-refractivity contribution < 1.29 is 4.74 Å². The Labute approximate surface area is 201 Å². The maximum Gasteiger partial charge on any atom is 0.185 e. The summed E-state index contributed by atoms with van der Waals surface area (Å²) in [6.07, 6.45) is 4.96. The zero-order valence-electron chi connectivity index (χ0n) is 19.7. The van der Waals surface area contributed by atoms with Gasteiger partial charge in [0.25, 0.3) is 0 Å². The quantitative estimate of drug-likeness (QED) is 0.544. The van der Waals surface area contributed by atoms with Gasteiger partial charge in [0, 0.05) is 24.0 Å². The van der Waals surface area contributed by atoms with Gasteiger partial charge < -0.3 is 15.0 Å².